The van der Waals surface area contributed by atoms with Gasteiger partial charge < -0.3 is 19.5 Å². The summed E-state index contributed by atoms with van der Waals surface area (Å²) < 4.78 is 16.4. The van der Waals surface area contributed by atoms with E-state index in [2.05, 4.69) is 5.32 Å². The summed E-state index contributed by atoms with van der Waals surface area (Å²) in [5.41, 5.74) is 3.69. The minimum absolute atomic E-state index is 0.166. The minimum atomic E-state index is -0.166. The summed E-state index contributed by atoms with van der Waals surface area (Å²) in [5.74, 6) is 1.38. The Hall–Kier alpha value is -4.06. The second kappa shape index (κ2) is 9.39. The lowest BCUT2D eigenvalue weighted by Crippen LogP contribution is -2.23. The van der Waals surface area contributed by atoms with Gasteiger partial charge in [0.15, 0.2) is 11.5 Å². The van der Waals surface area contributed by atoms with Crippen LogP contribution in [0.25, 0.3) is 22.2 Å². The molecule has 0 aliphatic carbocycles. The van der Waals surface area contributed by atoms with Crippen LogP contribution in [0.3, 0.4) is 0 Å². The van der Waals surface area contributed by atoms with Crippen LogP contribution in [0.1, 0.15) is 15.9 Å². The van der Waals surface area contributed by atoms with Crippen LogP contribution >= 0.6 is 0 Å². The second-order valence-electron chi connectivity index (χ2n) is 7.15. The number of nitrogens with one attached hydrogen (secondary N) is 1. The molecule has 1 amide bonds. The number of aromatic nitrogens is 1. The fraction of sp³-hybridized carbons (Fsp3) is 0.154. The number of hydrogen-bond donors (Lipinski definition) is 1. The lowest BCUT2D eigenvalue weighted by atomic mass is 10.0. The fourth-order valence-corrected chi connectivity index (χ4v) is 3.61. The molecule has 1 N–H and O–H groups in total. The molecule has 32 heavy (non-hydrogen) atoms. The molecule has 0 bridgehead atoms. The normalized spacial score (nSPS) is 10.6. The molecule has 0 radical (unpaired) electrons. The molecular weight excluding hydrogens is 404 g/mol. The van der Waals surface area contributed by atoms with Crippen molar-refractivity contribution in [2.75, 3.05) is 21.3 Å². The van der Waals surface area contributed by atoms with Crippen LogP contribution in [-0.4, -0.2) is 32.2 Å². The van der Waals surface area contributed by atoms with Crippen molar-refractivity contribution in [3.8, 4) is 28.5 Å². The van der Waals surface area contributed by atoms with Gasteiger partial charge in [-0.3, -0.25) is 4.79 Å². The molecule has 0 fully saturated rings. The van der Waals surface area contributed by atoms with E-state index in [-0.39, 0.29) is 5.91 Å². The Kier molecular flexibility index (Phi) is 6.22. The first-order chi connectivity index (χ1) is 15.6. The van der Waals surface area contributed by atoms with Gasteiger partial charge >= 0.3 is 0 Å². The standard InChI is InChI=1S/C26H24N2O4/c1-30-23-13-18(14-24(31-2)25(23)32-3)22-15-20(19-11-7-8-12-21(19)28-22)26(29)27-16-17-9-5-4-6-10-17/h4-15H,16H2,1-3H3,(H,27,29). The molecule has 1 heterocycles. The largest absolute Gasteiger partial charge is 0.493 e. The first kappa shape index (κ1) is 21.2. The molecule has 0 atom stereocenters. The summed E-state index contributed by atoms with van der Waals surface area (Å²) in [6.45, 7) is 0.440. The Morgan fingerprint density at radius 3 is 2.16 bits per heavy atom. The Morgan fingerprint density at radius 2 is 1.50 bits per heavy atom. The smallest absolute Gasteiger partial charge is 0.252 e. The van der Waals surface area contributed by atoms with Crippen LogP contribution in [0.15, 0.2) is 72.8 Å². The number of methoxy groups -OCH3 is 3. The van der Waals surface area contributed by atoms with E-state index >= 15 is 0 Å². The van der Waals surface area contributed by atoms with Crippen molar-refractivity contribution in [2.24, 2.45) is 0 Å². The third-order valence-electron chi connectivity index (χ3n) is 5.22. The average molecular weight is 428 g/mol. The van der Waals surface area contributed by atoms with Crippen LogP contribution < -0.4 is 19.5 Å². The topological polar surface area (TPSA) is 69.7 Å². The highest BCUT2D eigenvalue weighted by atomic mass is 16.5. The average Bonchev–Trinajstić information content (AvgIpc) is 2.86. The number of nitrogens with zero attached hydrogens (tertiary/aromatic N) is 1. The van der Waals surface area contributed by atoms with Gasteiger partial charge in [0.1, 0.15) is 0 Å². The summed E-state index contributed by atoms with van der Waals surface area (Å²) in [6, 6.07) is 22.8. The number of rotatable bonds is 7. The van der Waals surface area contributed by atoms with Gasteiger partial charge in [0.2, 0.25) is 5.75 Å². The zero-order chi connectivity index (χ0) is 22.5. The van der Waals surface area contributed by atoms with Crippen LogP contribution in [0.4, 0.5) is 0 Å². The Morgan fingerprint density at radius 1 is 0.844 bits per heavy atom. The number of pyridine rings is 1. The monoisotopic (exact) mass is 428 g/mol. The van der Waals surface area contributed by atoms with Crippen LogP contribution in [0.2, 0.25) is 0 Å². The molecule has 0 aliphatic heterocycles. The molecule has 0 saturated heterocycles. The third-order valence-corrected chi connectivity index (χ3v) is 5.22. The van der Waals surface area contributed by atoms with E-state index in [4.69, 9.17) is 19.2 Å². The van der Waals surface area contributed by atoms with Crippen molar-refractivity contribution >= 4 is 16.8 Å². The number of hydrogen-bond acceptors (Lipinski definition) is 5. The molecule has 0 aliphatic rings. The summed E-state index contributed by atoms with van der Waals surface area (Å²) in [7, 11) is 4.69. The van der Waals surface area contributed by atoms with Crippen LogP contribution in [0.5, 0.6) is 17.2 Å². The Bertz CT molecular complexity index is 1230. The van der Waals surface area contributed by atoms with Gasteiger partial charge in [-0.05, 0) is 29.8 Å². The van der Waals surface area contributed by atoms with Crippen molar-refractivity contribution < 1.29 is 19.0 Å². The number of fused-ring (bicyclic) bond motifs is 1. The maximum absolute atomic E-state index is 13.2. The number of carbonyl (C=O) groups excluding carboxylic acids is 1. The molecule has 6 heteroatoms. The van der Waals surface area contributed by atoms with Gasteiger partial charge in [0.25, 0.3) is 5.91 Å². The van der Waals surface area contributed by atoms with Crippen molar-refractivity contribution in [1.29, 1.82) is 0 Å². The van der Waals surface area contributed by atoms with Gasteiger partial charge in [0.05, 0.1) is 38.1 Å². The molecule has 3 aromatic carbocycles. The number of benzene rings is 3. The van der Waals surface area contributed by atoms with Gasteiger partial charge in [-0.25, -0.2) is 4.98 Å². The first-order valence-corrected chi connectivity index (χ1v) is 10.2. The van der Waals surface area contributed by atoms with E-state index < -0.39 is 0 Å². The summed E-state index contributed by atoms with van der Waals surface area (Å²) in [4.78, 5) is 17.9. The second-order valence-corrected chi connectivity index (χ2v) is 7.15. The molecule has 4 aromatic rings. The predicted octanol–water partition coefficient (Wildman–Crippen LogP) is 4.86. The van der Waals surface area contributed by atoms with Crippen molar-refractivity contribution in [3.63, 3.8) is 0 Å². The summed E-state index contributed by atoms with van der Waals surface area (Å²) in [6.07, 6.45) is 0. The fourth-order valence-electron chi connectivity index (χ4n) is 3.61. The highest BCUT2D eigenvalue weighted by molar-refractivity contribution is 6.07. The molecular formula is C26H24N2O4. The lowest BCUT2D eigenvalue weighted by Gasteiger charge is -2.15. The van der Waals surface area contributed by atoms with E-state index in [0.29, 0.717) is 35.1 Å². The third kappa shape index (κ3) is 4.21. The SMILES string of the molecule is COc1cc(-c2cc(C(=O)NCc3ccccc3)c3ccccc3n2)cc(OC)c1OC. The Labute approximate surface area is 186 Å². The first-order valence-electron chi connectivity index (χ1n) is 10.2. The summed E-state index contributed by atoms with van der Waals surface area (Å²) >= 11 is 0. The molecule has 162 valence electrons. The predicted molar refractivity (Wildman–Crippen MR) is 124 cm³/mol. The van der Waals surface area contributed by atoms with E-state index in [1.807, 2.05) is 66.7 Å². The Balaban J connectivity index is 1.78. The van der Waals surface area contributed by atoms with Gasteiger partial charge in [-0.1, -0.05) is 48.5 Å². The van der Waals surface area contributed by atoms with Crippen LogP contribution in [-0.2, 0) is 6.54 Å². The molecule has 6 nitrogen and oxygen atoms in total. The number of carbonyl (C=O) groups is 1. The maximum atomic E-state index is 13.2. The van der Waals surface area contributed by atoms with Gasteiger partial charge in [0, 0.05) is 17.5 Å². The minimum Gasteiger partial charge on any atom is -0.493 e. The molecule has 0 unspecified atom stereocenters. The summed E-state index contributed by atoms with van der Waals surface area (Å²) in [5, 5.41) is 3.80. The number of para-hydroxylation sites is 1. The molecule has 0 spiro atoms. The highest BCUT2D eigenvalue weighted by Crippen LogP contribution is 2.41. The van der Waals surface area contributed by atoms with Crippen molar-refractivity contribution in [2.45, 2.75) is 6.54 Å². The van der Waals surface area contributed by atoms with Crippen molar-refractivity contribution in [3.05, 3.63) is 83.9 Å². The van der Waals surface area contributed by atoms with Gasteiger partial charge in [-0.2, -0.15) is 0 Å². The lowest BCUT2D eigenvalue weighted by molar-refractivity contribution is 0.0952. The molecule has 1 aromatic heterocycles. The maximum Gasteiger partial charge on any atom is 0.252 e. The van der Waals surface area contributed by atoms with E-state index in [0.717, 1.165) is 22.0 Å². The van der Waals surface area contributed by atoms with E-state index in [1.54, 1.807) is 27.4 Å². The number of amides is 1. The molecule has 4 rings (SSSR count). The quantitative estimate of drug-likeness (QED) is 0.455. The number of ether oxygens (including phenoxy) is 3. The van der Waals surface area contributed by atoms with Crippen molar-refractivity contribution in [1.82, 2.24) is 10.3 Å². The van der Waals surface area contributed by atoms with Crippen LogP contribution in [0, 0.1) is 0 Å². The van der Waals surface area contributed by atoms with E-state index in [1.165, 1.54) is 0 Å². The van der Waals surface area contributed by atoms with E-state index in [9.17, 15) is 4.79 Å². The zero-order valence-corrected chi connectivity index (χ0v) is 18.2. The van der Waals surface area contributed by atoms with Gasteiger partial charge in [-0.15, -0.1) is 0 Å². The zero-order valence-electron chi connectivity index (χ0n) is 18.2. The molecule has 0 saturated carbocycles. The highest BCUT2D eigenvalue weighted by Gasteiger charge is 2.18.